The Kier molecular flexibility index (Phi) is 3.57. The van der Waals surface area contributed by atoms with Gasteiger partial charge >= 0.3 is 5.97 Å². The van der Waals surface area contributed by atoms with Crippen LogP contribution >= 0.6 is 11.6 Å². The van der Waals surface area contributed by atoms with Gasteiger partial charge in [-0.1, -0.05) is 29.8 Å². The predicted molar refractivity (Wildman–Crippen MR) is 64.3 cm³/mol. The fraction of sp³-hybridized carbons (Fsp3) is 0.273. The standard InChI is InChI=1S/C11H11ClN4O2/c1-16-10(13-14-15-16)8(11(17)18)6-7-4-2-3-5-9(7)12/h2-5,8H,6H2,1H3,(H,17,18). The molecule has 0 amide bonds. The van der Waals surface area contributed by atoms with Crippen molar-refractivity contribution in [2.75, 3.05) is 0 Å². The van der Waals surface area contributed by atoms with Crippen molar-refractivity contribution in [3.8, 4) is 0 Å². The first-order chi connectivity index (χ1) is 8.59. The highest BCUT2D eigenvalue weighted by Crippen LogP contribution is 2.23. The van der Waals surface area contributed by atoms with Crippen LogP contribution in [-0.4, -0.2) is 31.3 Å². The second-order valence-electron chi connectivity index (χ2n) is 3.85. The molecule has 0 aliphatic rings. The molecule has 7 heteroatoms. The van der Waals surface area contributed by atoms with E-state index in [2.05, 4.69) is 15.5 Å². The Balaban J connectivity index is 2.31. The van der Waals surface area contributed by atoms with Gasteiger partial charge in [0.1, 0.15) is 5.92 Å². The number of benzene rings is 1. The van der Waals surface area contributed by atoms with E-state index < -0.39 is 11.9 Å². The average Bonchev–Trinajstić information content (AvgIpc) is 2.74. The highest BCUT2D eigenvalue weighted by molar-refractivity contribution is 6.31. The highest BCUT2D eigenvalue weighted by Gasteiger charge is 2.26. The maximum atomic E-state index is 11.3. The summed E-state index contributed by atoms with van der Waals surface area (Å²) in [7, 11) is 1.61. The number of tetrazole rings is 1. The smallest absolute Gasteiger partial charge is 0.314 e. The summed E-state index contributed by atoms with van der Waals surface area (Å²) in [5, 5.41) is 20.7. The summed E-state index contributed by atoms with van der Waals surface area (Å²) in [6.45, 7) is 0. The van der Waals surface area contributed by atoms with Crippen LogP contribution in [0.2, 0.25) is 5.02 Å². The van der Waals surface area contributed by atoms with Crippen molar-refractivity contribution >= 4 is 17.6 Å². The molecule has 0 radical (unpaired) electrons. The number of carboxylic acids is 1. The molecule has 0 saturated heterocycles. The number of carboxylic acid groups (broad SMARTS) is 1. The van der Waals surface area contributed by atoms with E-state index in [1.807, 2.05) is 6.07 Å². The van der Waals surface area contributed by atoms with Gasteiger partial charge in [0, 0.05) is 12.1 Å². The van der Waals surface area contributed by atoms with Crippen LogP contribution in [0.5, 0.6) is 0 Å². The van der Waals surface area contributed by atoms with Gasteiger partial charge in [-0.3, -0.25) is 4.79 Å². The topological polar surface area (TPSA) is 80.9 Å². The van der Waals surface area contributed by atoms with Crippen molar-refractivity contribution in [2.45, 2.75) is 12.3 Å². The minimum Gasteiger partial charge on any atom is -0.481 e. The monoisotopic (exact) mass is 266 g/mol. The van der Waals surface area contributed by atoms with Crippen LogP contribution in [0.15, 0.2) is 24.3 Å². The fourth-order valence-corrected chi connectivity index (χ4v) is 1.92. The van der Waals surface area contributed by atoms with Gasteiger partial charge in [0.2, 0.25) is 0 Å². The molecule has 2 aromatic rings. The zero-order valence-corrected chi connectivity index (χ0v) is 10.4. The molecule has 18 heavy (non-hydrogen) atoms. The minimum absolute atomic E-state index is 0.253. The zero-order valence-electron chi connectivity index (χ0n) is 9.62. The Morgan fingerprint density at radius 1 is 1.50 bits per heavy atom. The van der Waals surface area contributed by atoms with Gasteiger partial charge in [-0.15, -0.1) is 5.10 Å². The van der Waals surface area contributed by atoms with Gasteiger partial charge in [0.25, 0.3) is 0 Å². The summed E-state index contributed by atoms with van der Waals surface area (Å²) in [6.07, 6.45) is 0.253. The summed E-state index contributed by atoms with van der Waals surface area (Å²) in [5.41, 5.74) is 0.759. The van der Waals surface area contributed by atoms with Crippen LogP contribution in [0.1, 0.15) is 17.3 Å². The Bertz CT molecular complexity index is 570. The van der Waals surface area contributed by atoms with Gasteiger partial charge in [0.15, 0.2) is 5.82 Å². The number of rotatable bonds is 4. The third kappa shape index (κ3) is 2.48. The average molecular weight is 267 g/mol. The maximum Gasteiger partial charge on any atom is 0.314 e. The second kappa shape index (κ2) is 5.14. The molecule has 1 aromatic carbocycles. The van der Waals surface area contributed by atoms with Gasteiger partial charge in [-0.2, -0.15) is 0 Å². The third-order valence-corrected chi connectivity index (χ3v) is 3.01. The summed E-state index contributed by atoms with van der Waals surface area (Å²) >= 11 is 6.02. The Labute approximate surface area is 108 Å². The largest absolute Gasteiger partial charge is 0.481 e. The van der Waals surface area contributed by atoms with E-state index in [0.29, 0.717) is 10.8 Å². The lowest BCUT2D eigenvalue weighted by molar-refractivity contribution is -0.139. The van der Waals surface area contributed by atoms with Crippen LogP contribution in [0.3, 0.4) is 0 Å². The lowest BCUT2D eigenvalue weighted by Crippen LogP contribution is -2.19. The molecule has 1 atom stereocenters. The number of aromatic nitrogens is 4. The normalized spacial score (nSPS) is 12.3. The van der Waals surface area contributed by atoms with Crippen molar-refractivity contribution in [2.24, 2.45) is 7.05 Å². The molecule has 1 heterocycles. The minimum atomic E-state index is -0.979. The van der Waals surface area contributed by atoms with E-state index in [9.17, 15) is 9.90 Å². The highest BCUT2D eigenvalue weighted by atomic mass is 35.5. The molecule has 1 N–H and O–H groups in total. The van der Waals surface area contributed by atoms with Crippen molar-refractivity contribution < 1.29 is 9.90 Å². The van der Waals surface area contributed by atoms with Gasteiger partial charge in [-0.05, 0) is 28.5 Å². The van der Waals surface area contributed by atoms with Crippen molar-refractivity contribution in [1.82, 2.24) is 20.2 Å². The molecule has 2 rings (SSSR count). The first-order valence-electron chi connectivity index (χ1n) is 5.28. The summed E-state index contributed by atoms with van der Waals surface area (Å²) < 4.78 is 1.36. The van der Waals surface area contributed by atoms with E-state index in [1.165, 1.54) is 4.68 Å². The fourth-order valence-electron chi connectivity index (χ4n) is 1.70. The Hall–Kier alpha value is -1.95. The Morgan fingerprint density at radius 3 is 2.78 bits per heavy atom. The number of hydrogen-bond donors (Lipinski definition) is 1. The quantitative estimate of drug-likeness (QED) is 0.901. The molecule has 0 fully saturated rings. The number of halogens is 1. The number of aliphatic carboxylic acids is 1. The van der Waals surface area contributed by atoms with Crippen LogP contribution in [0, 0.1) is 0 Å². The number of carbonyl (C=O) groups is 1. The first-order valence-corrected chi connectivity index (χ1v) is 5.66. The molecule has 0 bridgehead atoms. The molecule has 0 spiro atoms. The molecule has 0 aliphatic heterocycles. The molecule has 1 unspecified atom stereocenters. The second-order valence-corrected chi connectivity index (χ2v) is 4.25. The van der Waals surface area contributed by atoms with Gasteiger partial charge in [0.05, 0.1) is 0 Å². The Morgan fingerprint density at radius 2 is 2.22 bits per heavy atom. The van der Waals surface area contributed by atoms with Gasteiger partial charge in [-0.25, -0.2) is 4.68 Å². The zero-order chi connectivity index (χ0) is 13.1. The van der Waals surface area contributed by atoms with Crippen LogP contribution in [0.4, 0.5) is 0 Å². The SMILES string of the molecule is Cn1nnnc1C(Cc1ccccc1Cl)C(=O)O. The number of nitrogens with zero attached hydrogens (tertiary/aromatic N) is 4. The van der Waals surface area contributed by atoms with Crippen LogP contribution in [-0.2, 0) is 18.3 Å². The van der Waals surface area contributed by atoms with Crippen LogP contribution < -0.4 is 0 Å². The lowest BCUT2D eigenvalue weighted by Gasteiger charge is -2.11. The van der Waals surface area contributed by atoms with Crippen molar-refractivity contribution in [1.29, 1.82) is 0 Å². The van der Waals surface area contributed by atoms with E-state index >= 15 is 0 Å². The predicted octanol–water partition coefficient (Wildman–Crippen LogP) is 1.27. The number of aryl methyl sites for hydroxylation is 1. The van der Waals surface area contributed by atoms with E-state index in [0.717, 1.165) is 5.56 Å². The van der Waals surface area contributed by atoms with Gasteiger partial charge < -0.3 is 5.11 Å². The molecule has 6 nitrogen and oxygen atoms in total. The molecular weight excluding hydrogens is 256 g/mol. The van der Waals surface area contributed by atoms with Crippen molar-refractivity contribution in [3.05, 3.63) is 40.7 Å². The van der Waals surface area contributed by atoms with Crippen LogP contribution in [0.25, 0.3) is 0 Å². The summed E-state index contributed by atoms with van der Waals surface area (Å²) in [6, 6.07) is 7.13. The lowest BCUT2D eigenvalue weighted by atomic mass is 9.98. The maximum absolute atomic E-state index is 11.3. The molecule has 0 saturated carbocycles. The molecule has 0 aliphatic carbocycles. The first kappa shape index (κ1) is 12.5. The summed E-state index contributed by atoms with van der Waals surface area (Å²) in [5.74, 6) is -1.49. The van der Waals surface area contributed by atoms with Crippen molar-refractivity contribution in [3.63, 3.8) is 0 Å². The molecular formula is C11H11ClN4O2. The van der Waals surface area contributed by atoms with E-state index in [1.54, 1.807) is 25.2 Å². The number of hydrogen-bond acceptors (Lipinski definition) is 4. The molecule has 1 aromatic heterocycles. The molecule has 94 valence electrons. The van der Waals surface area contributed by atoms with E-state index in [4.69, 9.17) is 11.6 Å². The third-order valence-electron chi connectivity index (χ3n) is 2.64. The summed E-state index contributed by atoms with van der Waals surface area (Å²) in [4.78, 5) is 11.3. The van der Waals surface area contributed by atoms with E-state index in [-0.39, 0.29) is 6.42 Å².